The van der Waals surface area contributed by atoms with Crippen LogP contribution in [0.1, 0.15) is 11.1 Å². The van der Waals surface area contributed by atoms with Crippen LogP contribution in [0.15, 0.2) is 54.7 Å². The molecule has 0 saturated carbocycles. The Bertz CT molecular complexity index is 801. The normalized spacial score (nSPS) is 9.60. The summed E-state index contributed by atoms with van der Waals surface area (Å²) in [7, 11) is 0. The molecule has 2 aromatic carbocycles. The van der Waals surface area contributed by atoms with Crippen molar-refractivity contribution in [3.8, 4) is 21.0 Å². The van der Waals surface area contributed by atoms with Crippen LogP contribution >= 0.6 is 36.2 Å². The number of hydrogen-bond donors (Lipinski definition) is 4. The molecule has 5 nitrogen and oxygen atoms in total. The molecular weight excluding hydrogens is 377 g/mol. The second-order valence-electron chi connectivity index (χ2n) is 5.01. The first-order chi connectivity index (χ1) is 11.0. The van der Waals surface area contributed by atoms with Gasteiger partial charge in [0.1, 0.15) is 16.7 Å². The third-order valence-electron chi connectivity index (χ3n) is 3.43. The van der Waals surface area contributed by atoms with Gasteiger partial charge in [0.25, 0.3) is 0 Å². The van der Waals surface area contributed by atoms with E-state index in [9.17, 15) is 0 Å². The van der Waals surface area contributed by atoms with Crippen molar-refractivity contribution in [2.24, 2.45) is 11.5 Å². The minimum absolute atomic E-state index is 0. The fraction of sp³-hybridized carbons (Fsp3) is 0. The van der Waals surface area contributed by atoms with Crippen molar-refractivity contribution in [3.05, 3.63) is 65.9 Å². The average molecular weight is 394 g/mol. The van der Waals surface area contributed by atoms with Crippen LogP contribution in [0.3, 0.4) is 0 Å². The Labute approximate surface area is 161 Å². The SMILES string of the molecule is Cl.Cl.N=C(N)c1ccc(-c2cnc(-c3ccc(C(=N)N)cc3)s2)cc1. The standard InChI is InChI=1S/C17H15N5S.2ClH/c18-15(19)11-3-1-10(2-4-11)14-9-22-17(23-14)13-7-5-12(6-8-13)16(20)21;;/h1-9H,(H3,18,19)(H3,20,21);2*1H. The van der Waals surface area contributed by atoms with Gasteiger partial charge in [-0.05, 0) is 5.56 Å². The van der Waals surface area contributed by atoms with Crippen LogP contribution in [-0.2, 0) is 0 Å². The van der Waals surface area contributed by atoms with Crippen LogP contribution in [0, 0.1) is 10.8 Å². The number of hydrogen-bond acceptors (Lipinski definition) is 4. The molecule has 6 N–H and O–H groups in total. The van der Waals surface area contributed by atoms with E-state index in [0.29, 0.717) is 11.1 Å². The van der Waals surface area contributed by atoms with Gasteiger partial charge in [0.15, 0.2) is 0 Å². The number of rotatable bonds is 4. The quantitative estimate of drug-likeness (QED) is 0.398. The first kappa shape index (κ1) is 20.6. The van der Waals surface area contributed by atoms with E-state index in [1.807, 2.05) is 54.7 Å². The maximum Gasteiger partial charge on any atom is 0.123 e. The van der Waals surface area contributed by atoms with Gasteiger partial charge in [-0.2, -0.15) is 0 Å². The molecule has 130 valence electrons. The number of nitrogens with zero attached hydrogens (tertiary/aromatic N) is 1. The Kier molecular flexibility index (Phi) is 7.11. The zero-order valence-corrected chi connectivity index (χ0v) is 15.5. The lowest BCUT2D eigenvalue weighted by atomic mass is 10.1. The Hall–Kier alpha value is -2.41. The lowest BCUT2D eigenvalue weighted by Gasteiger charge is -2.01. The molecule has 1 aromatic heterocycles. The van der Waals surface area contributed by atoms with Crippen LogP contribution in [0.2, 0.25) is 0 Å². The van der Waals surface area contributed by atoms with Crippen molar-refractivity contribution < 1.29 is 0 Å². The van der Waals surface area contributed by atoms with Crippen molar-refractivity contribution >= 4 is 47.8 Å². The highest BCUT2D eigenvalue weighted by molar-refractivity contribution is 7.18. The molecule has 8 heteroatoms. The van der Waals surface area contributed by atoms with Gasteiger partial charge in [0.05, 0.1) is 4.88 Å². The van der Waals surface area contributed by atoms with Crippen LogP contribution < -0.4 is 11.5 Å². The largest absolute Gasteiger partial charge is 0.384 e. The molecule has 1 heterocycles. The summed E-state index contributed by atoms with van der Waals surface area (Å²) in [6, 6.07) is 15.0. The molecule has 0 aliphatic rings. The summed E-state index contributed by atoms with van der Waals surface area (Å²) in [6.07, 6.45) is 1.83. The number of benzene rings is 2. The number of nitrogens with one attached hydrogen (secondary N) is 2. The Morgan fingerprint density at radius 3 is 1.64 bits per heavy atom. The van der Waals surface area contributed by atoms with E-state index in [1.54, 1.807) is 11.3 Å². The van der Waals surface area contributed by atoms with E-state index < -0.39 is 0 Å². The summed E-state index contributed by atoms with van der Waals surface area (Å²) in [5.41, 5.74) is 14.4. The molecule has 3 rings (SSSR count). The van der Waals surface area contributed by atoms with E-state index in [4.69, 9.17) is 22.3 Å². The second kappa shape index (κ2) is 8.62. The molecule has 0 aliphatic heterocycles. The molecule has 0 unspecified atom stereocenters. The molecule has 0 bridgehead atoms. The molecule has 0 aliphatic carbocycles. The van der Waals surface area contributed by atoms with E-state index in [-0.39, 0.29) is 36.5 Å². The molecular formula is C17H17Cl2N5S. The van der Waals surface area contributed by atoms with Crippen molar-refractivity contribution in [3.63, 3.8) is 0 Å². The summed E-state index contributed by atoms with van der Waals surface area (Å²) >= 11 is 1.59. The van der Waals surface area contributed by atoms with E-state index >= 15 is 0 Å². The lowest BCUT2D eigenvalue weighted by Crippen LogP contribution is -2.10. The molecule has 0 atom stereocenters. The van der Waals surface area contributed by atoms with Crippen LogP contribution in [0.25, 0.3) is 21.0 Å². The summed E-state index contributed by atoms with van der Waals surface area (Å²) in [5.74, 6) is 0.119. The van der Waals surface area contributed by atoms with Crippen molar-refractivity contribution in [1.29, 1.82) is 10.8 Å². The summed E-state index contributed by atoms with van der Waals surface area (Å²) in [4.78, 5) is 5.51. The lowest BCUT2D eigenvalue weighted by molar-refractivity contribution is 1.40. The van der Waals surface area contributed by atoms with Gasteiger partial charge in [0.2, 0.25) is 0 Å². The zero-order valence-electron chi connectivity index (χ0n) is 13.0. The van der Waals surface area contributed by atoms with Crippen LogP contribution in [0.5, 0.6) is 0 Å². The molecule has 0 spiro atoms. The minimum atomic E-state index is 0. The average Bonchev–Trinajstić information content (AvgIpc) is 3.05. The number of amidine groups is 2. The van der Waals surface area contributed by atoms with Crippen LogP contribution in [-0.4, -0.2) is 16.7 Å². The maximum absolute atomic E-state index is 7.42. The smallest absolute Gasteiger partial charge is 0.123 e. The third-order valence-corrected chi connectivity index (χ3v) is 4.52. The van der Waals surface area contributed by atoms with Gasteiger partial charge in [-0.3, -0.25) is 10.8 Å². The zero-order chi connectivity index (χ0) is 16.4. The van der Waals surface area contributed by atoms with Crippen molar-refractivity contribution in [2.75, 3.05) is 0 Å². The van der Waals surface area contributed by atoms with Crippen LogP contribution in [0.4, 0.5) is 0 Å². The Morgan fingerprint density at radius 1 is 0.760 bits per heavy atom. The highest BCUT2D eigenvalue weighted by Crippen LogP contribution is 2.32. The van der Waals surface area contributed by atoms with Crippen molar-refractivity contribution in [1.82, 2.24) is 4.98 Å². The molecule has 0 saturated heterocycles. The monoisotopic (exact) mass is 393 g/mol. The van der Waals surface area contributed by atoms with Crippen molar-refractivity contribution in [2.45, 2.75) is 0 Å². The fourth-order valence-electron chi connectivity index (χ4n) is 2.15. The minimum Gasteiger partial charge on any atom is -0.384 e. The Balaban J connectivity index is 0.00000156. The van der Waals surface area contributed by atoms with Gasteiger partial charge in [-0.25, -0.2) is 4.98 Å². The first-order valence-electron chi connectivity index (χ1n) is 6.90. The number of nitrogen functional groups attached to an aromatic ring is 2. The number of thiazole rings is 1. The van der Waals surface area contributed by atoms with Gasteiger partial charge in [0, 0.05) is 22.9 Å². The Morgan fingerprint density at radius 2 is 1.20 bits per heavy atom. The molecule has 25 heavy (non-hydrogen) atoms. The molecule has 0 radical (unpaired) electrons. The van der Waals surface area contributed by atoms with Gasteiger partial charge < -0.3 is 11.5 Å². The predicted molar refractivity (Wildman–Crippen MR) is 110 cm³/mol. The summed E-state index contributed by atoms with van der Waals surface area (Å²) in [6.45, 7) is 0. The maximum atomic E-state index is 7.42. The fourth-order valence-corrected chi connectivity index (χ4v) is 3.07. The van der Waals surface area contributed by atoms with E-state index in [0.717, 1.165) is 21.0 Å². The molecule has 0 fully saturated rings. The predicted octanol–water partition coefficient (Wildman–Crippen LogP) is 3.89. The van der Waals surface area contributed by atoms with E-state index in [2.05, 4.69) is 4.98 Å². The second-order valence-corrected chi connectivity index (χ2v) is 6.04. The van der Waals surface area contributed by atoms with Gasteiger partial charge >= 0.3 is 0 Å². The highest BCUT2D eigenvalue weighted by Gasteiger charge is 2.08. The topological polar surface area (TPSA) is 113 Å². The number of aromatic nitrogens is 1. The first-order valence-corrected chi connectivity index (χ1v) is 7.72. The highest BCUT2D eigenvalue weighted by atomic mass is 35.5. The summed E-state index contributed by atoms with van der Waals surface area (Å²) in [5, 5.41) is 15.7. The van der Waals surface area contributed by atoms with Gasteiger partial charge in [-0.1, -0.05) is 48.5 Å². The summed E-state index contributed by atoms with van der Waals surface area (Å²) < 4.78 is 0. The van der Waals surface area contributed by atoms with Gasteiger partial charge in [-0.15, -0.1) is 36.2 Å². The van der Waals surface area contributed by atoms with E-state index in [1.165, 1.54) is 0 Å². The molecule has 3 aromatic rings. The third kappa shape index (κ3) is 4.57. The number of halogens is 2. The number of nitrogens with two attached hydrogens (primary N) is 2. The molecule has 0 amide bonds.